The lowest BCUT2D eigenvalue weighted by Crippen LogP contribution is -2.09. The molecule has 110 valence electrons. The molecule has 0 atom stereocenters. The van der Waals surface area contributed by atoms with Gasteiger partial charge in [0.1, 0.15) is 6.61 Å². The van der Waals surface area contributed by atoms with Gasteiger partial charge < -0.3 is 4.84 Å². The van der Waals surface area contributed by atoms with E-state index in [4.69, 9.17) is 16.4 Å². The van der Waals surface area contributed by atoms with Crippen molar-refractivity contribution in [2.45, 2.75) is 12.8 Å². The van der Waals surface area contributed by atoms with Crippen molar-refractivity contribution in [3.05, 3.63) is 70.2 Å². The standard InChI is InChI=1S/C15H11ClF3NO/c16-13-6-3-4-11(8-13)9-20-21-10-12-5-1-2-7-14(12)15(17,18)19/h1-9H,10H2. The smallest absolute Gasteiger partial charge is 0.391 e. The predicted octanol–water partition coefficient (Wildman–Crippen LogP) is 4.91. The molecule has 0 aliphatic rings. The Labute approximate surface area is 124 Å². The third kappa shape index (κ3) is 4.49. The summed E-state index contributed by atoms with van der Waals surface area (Å²) in [4.78, 5) is 4.93. The summed E-state index contributed by atoms with van der Waals surface area (Å²) in [5.74, 6) is 0. The summed E-state index contributed by atoms with van der Waals surface area (Å²) >= 11 is 5.80. The van der Waals surface area contributed by atoms with Gasteiger partial charge in [0.25, 0.3) is 0 Å². The van der Waals surface area contributed by atoms with Crippen LogP contribution in [-0.2, 0) is 17.6 Å². The fourth-order valence-corrected chi connectivity index (χ4v) is 1.91. The van der Waals surface area contributed by atoms with Gasteiger partial charge in [0.2, 0.25) is 0 Å². The topological polar surface area (TPSA) is 21.6 Å². The van der Waals surface area contributed by atoms with Gasteiger partial charge in [0, 0.05) is 10.6 Å². The molecule has 0 heterocycles. The van der Waals surface area contributed by atoms with E-state index in [1.54, 1.807) is 24.3 Å². The van der Waals surface area contributed by atoms with E-state index in [0.717, 1.165) is 6.07 Å². The Morgan fingerprint density at radius 2 is 1.86 bits per heavy atom. The van der Waals surface area contributed by atoms with E-state index in [2.05, 4.69) is 5.16 Å². The minimum atomic E-state index is -4.41. The molecule has 0 aromatic heterocycles. The highest BCUT2D eigenvalue weighted by atomic mass is 35.5. The van der Waals surface area contributed by atoms with E-state index in [1.165, 1.54) is 24.4 Å². The fraction of sp³-hybridized carbons (Fsp3) is 0.133. The van der Waals surface area contributed by atoms with E-state index in [-0.39, 0.29) is 12.2 Å². The molecular weight excluding hydrogens is 303 g/mol. The molecule has 0 bridgehead atoms. The lowest BCUT2D eigenvalue weighted by atomic mass is 10.1. The second-order valence-corrected chi connectivity index (χ2v) is 4.65. The van der Waals surface area contributed by atoms with Crippen molar-refractivity contribution >= 4 is 17.8 Å². The second-order valence-electron chi connectivity index (χ2n) is 4.22. The molecule has 0 amide bonds. The first kappa shape index (κ1) is 15.4. The first-order valence-corrected chi connectivity index (χ1v) is 6.40. The number of alkyl halides is 3. The molecule has 2 aromatic carbocycles. The van der Waals surface area contributed by atoms with Gasteiger partial charge in [-0.25, -0.2) is 0 Å². The van der Waals surface area contributed by atoms with Gasteiger partial charge in [0.15, 0.2) is 0 Å². The highest BCUT2D eigenvalue weighted by Gasteiger charge is 2.32. The van der Waals surface area contributed by atoms with Crippen molar-refractivity contribution in [3.63, 3.8) is 0 Å². The monoisotopic (exact) mass is 313 g/mol. The molecule has 0 aliphatic heterocycles. The molecule has 21 heavy (non-hydrogen) atoms. The molecule has 0 spiro atoms. The average molecular weight is 314 g/mol. The number of oxime groups is 1. The highest BCUT2D eigenvalue weighted by molar-refractivity contribution is 6.30. The van der Waals surface area contributed by atoms with E-state index < -0.39 is 11.7 Å². The van der Waals surface area contributed by atoms with Crippen molar-refractivity contribution in [1.29, 1.82) is 0 Å². The first-order valence-electron chi connectivity index (χ1n) is 6.03. The number of benzene rings is 2. The molecule has 0 radical (unpaired) electrons. The largest absolute Gasteiger partial charge is 0.416 e. The second kappa shape index (κ2) is 6.63. The van der Waals surface area contributed by atoms with Crippen molar-refractivity contribution < 1.29 is 18.0 Å². The van der Waals surface area contributed by atoms with E-state index in [0.29, 0.717) is 10.6 Å². The maximum atomic E-state index is 12.8. The van der Waals surface area contributed by atoms with Crippen LogP contribution in [0, 0.1) is 0 Å². The Hall–Kier alpha value is -2.01. The van der Waals surface area contributed by atoms with Gasteiger partial charge >= 0.3 is 6.18 Å². The van der Waals surface area contributed by atoms with Crippen LogP contribution < -0.4 is 0 Å². The van der Waals surface area contributed by atoms with E-state index in [1.807, 2.05) is 0 Å². The van der Waals surface area contributed by atoms with Crippen LogP contribution in [0.15, 0.2) is 53.7 Å². The van der Waals surface area contributed by atoms with Gasteiger partial charge in [0.05, 0.1) is 11.8 Å². The first-order chi connectivity index (χ1) is 9.97. The van der Waals surface area contributed by atoms with Crippen LogP contribution >= 0.6 is 11.6 Å². The highest BCUT2D eigenvalue weighted by Crippen LogP contribution is 2.32. The van der Waals surface area contributed by atoms with Crippen molar-refractivity contribution in [2.75, 3.05) is 0 Å². The number of rotatable bonds is 4. The van der Waals surface area contributed by atoms with Crippen LogP contribution in [0.3, 0.4) is 0 Å². The Bertz CT molecular complexity index is 641. The van der Waals surface area contributed by atoms with E-state index in [9.17, 15) is 13.2 Å². The minimum absolute atomic E-state index is 0.0354. The number of hydrogen-bond donors (Lipinski definition) is 0. The molecular formula is C15H11ClF3NO. The lowest BCUT2D eigenvalue weighted by Gasteiger charge is -2.11. The molecule has 2 nitrogen and oxygen atoms in total. The zero-order valence-corrected chi connectivity index (χ0v) is 11.5. The maximum absolute atomic E-state index is 12.8. The zero-order valence-electron chi connectivity index (χ0n) is 10.8. The third-order valence-electron chi connectivity index (χ3n) is 2.67. The summed E-state index contributed by atoms with van der Waals surface area (Å²) in [6, 6.07) is 12.1. The van der Waals surface area contributed by atoms with Crippen LogP contribution in [0.1, 0.15) is 16.7 Å². The lowest BCUT2D eigenvalue weighted by molar-refractivity contribution is -0.138. The summed E-state index contributed by atoms with van der Waals surface area (Å²) in [7, 11) is 0. The quantitative estimate of drug-likeness (QED) is 0.580. The Balaban J connectivity index is 2.01. The average Bonchev–Trinajstić information content (AvgIpc) is 2.43. The zero-order chi connectivity index (χ0) is 15.3. The molecule has 0 fully saturated rings. The van der Waals surface area contributed by atoms with Gasteiger partial charge in [-0.15, -0.1) is 0 Å². The minimum Gasteiger partial charge on any atom is -0.391 e. The molecule has 0 N–H and O–H groups in total. The Morgan fingerprint density at radius 3 is 2.57 bits per heavy atom. The van der Waals surface area contributed by atoms with Gasteiger partial charge in [-0.05, 0) is 23.8 Å². The van der Waals surface area contributed by atoms with E-state index >= 15 is 0 Å². The van der Waals surface area contributed by atoms with Crippen molar-refractivity contribution in [2.24, 2.45) is 5.16 Å². The molecule has 6 heteroatoms. The van der Waals surface area contributed by atoms with Gasteiger partial charge in [-0.2, -0.15) is 13.2 Å². The van der Waals surface area contributed by atoms with Crippen LogP contribution in [0.2, 0.25) is 5.02 Å². The predicted molar refractivity (Wildman–Crippen MR) is 75.3 cm³/mol. The Kier molecular flexibility index (Phi) is 4.85. The van der Waals surface area contributed by atoms with Crippen LogP contribution in [0.25, 0.3) is 0 Å². The summed E-state index contributed by atoms with van der Waals surface area (Å²) in [5, 5.41) is 4.19. The summed E-state index contributed by atoms with van der Waals surface area (Å²) in [6.07, 6.45) is -3.02. The summed E-state index contributed by atoms with van der Waals surface area (Å²) in [6.45, 7) is -0.257. The normalized spacial score (nSPS) is 11.8. The van der Waals surface area contributed by atoms with Crippen LogP contribution in [-0.4, -0.2) is 6.21 Å². The number of halogens is 4. The molecule has 0 aliphatic carbocycles. The van der Waals surface area contributed by atoms with Gasteiger partial charge in [-0.3, -0.25) is 0 Å². The number of hydrogen-bond acceptors (Lipinski definition) is 2. The third-order valence-corrected chi connectivity index (χ3v) is 2.90. The van der Waals surface area contributed by atoms with Crippen molar-refractivity contribution in [3.8, 4) is 0 Å². The van der Waals surface area contributed by atoms with Gasteiger partial charge in [-0.1, -0.05) is 47.1 Å². The van der Waals surface area contributed by atoms with Crippen LogP contribution in [0.5, 0.6) is 0 Å². The molecule has 0 saturated carbocycles. The molecule has 0 unspecified atom stereocenters. The SMILES string of the molecule is FC(F)(F)c1ccccc1CON=Cc1cccc(Cl)c1. The maximum Gasteiger partial charge on any atom is 0.416 e. The molecule has 2 rings (SSSR count). The Morgan fingerprint density at radius 1 is 1.10 bits per heavy atom. The molecule has 0 saturated heterocycles. The van der Waals surface area contributed by atoms with Crippen molar-refractivity contribution in [1.82, 2.24) is 0 Å². The van der Waals surface area contributed by atoms with Crippen LogP contribution in [0.4, 0.5) is 13.2 Å². The molecule has 2 aromatic rings. The summed E-state index contributed by atoms with van der Waals surface area (Å²) < 4.78 is 38.3. The fourth-order valence-electron chi connectivity index (χ4n) is 1.71. The number of nitrogens with zero attached hydrogens (tertiary/aromatic N) is 1. The summed E-state index contributed by atoms with van der Waals surface area (Å²) in [5.41, 5.74) is 0.0165.